The van der Waals surface area contributed by atoms with Crippen LogP contribution in [-0.4, -0.2) is 39.7 Å². The summed E-state index contributed by atoms with van der Waals surface area (Å²) in [6, 6.07) is 9.05. The second-order valence-electron chi connectivity index (χ2n) is 6.64. The Labute approximate surface area is 165 Å². The molecule has 0 unspecified atom stereocenters. The van der Waals surface area contributed by atoms with Crippen molar-refractivity contribution in [3.63, 3.8) is 0 Å². The molecule has 0 saturated carbocycles. The van der Waals surface area contributed by atoms with E-state index in [9.17, 15) is 29.8 Å². The molecule has 0 bridgehead atoms. The highest BCUT2D eigenvalue weighted by Crippen LogP contribution is 2.24. The molecular weight excluding hydrogens is 380 g/mol. The van der Waals surface area contributed by atoms with Crippen molar-refractivity contribution < 1.29 is 19.4 Å². The van der Waals surface area contributed by atoms with E-state index < -0.39 is 27.1 Å². The Kier molecular flexibility index (Phi) is 5.82. The average Bonchev–Trinajstić information content (AvgIpc) is 2.73. The van der Waals surface area contributed by atoms with Crippen LogP contribution in [0.15, 0.2) is 42.5 Å². The molecule has 10 nitrogen and oxygen atoms in total. The molecule has 1 saturated heterocycles. The molecule has 0 aromatic heterocycles. The van der Waals surface area contributed by atoms with Gasteiger partial charge in [-0.15, -0.1) is 0 Å². The van der Waals surface area contributed by atoms with Gasteiger partial charge in [-0.05, 0) is 37.5 Å². The first-order valence-electron chi connectivity index (χ1n) is 9.00. The minimum absolute atomic E-state index is 0.133. The van der Waals surface area contributed by atoms with Gasteiger partial charge in [0.15, 0.2) is 0 Å². The molecule has 1 heterocycles. The zero-order valence-corrected chi connectivity index (χ0v) is 15.4. The van der Waals surface area contributed by atoms with Gasteiger partial charge in [0, 0.05) is 36.5 Å². The van der Waals surface area contributed by atoms with Crippen LogP contribution in [0.1, 0.15) is 40.0 Å². The second-order valence-corrected chi connectivity index (χ2v) is 6.64. The summed E-state index contributed by atoms with van der Waals surface area (Å²) >= 11 is 0. The summed E-state index contributed by atoms with van der Waals surface area (Å²) < 4.78 is 0. The number of non-ortho nitro benzene ring substituents is 2. The first kappa shape index (κ1) is 19.9. The fourth-order valence-electron chi connectivity index (χ4n) is 3.15. The van der Waals surface area contributed by atoms with E-state index in [-0.39, 0.29) is 11.5 Å². The number of benzene rings is 2. The van der Waals surface area contributed by atoms with Crippen LogP contribution in [0, 0.1) is 20.2 Å². The lowest BCUT2D eigenvalue weighted by atomic mass is 10.1. The van der Waals surface area contributed by atoms with Gasteiger partial charge < -0.3 is 10.2 Å². The molecule has 0 atom stereocenters. The van der Waals surface area contributed by atoms with Gasteiger partial charge in [-0.3, -0.25) is 29.8 Å². The summed E-state index contributed by atoms with van der Waals surface area (Å²) in [5, 5.41) is 24.5. The van der Waals surface area contributed by atoms with Crippen molar-refractivity contribution in [3.8, 4) is 0 Å². The van der Waals surface area contributed by atoms with E-state index >= 15 is 0 Å². The van der Waals surface area contributed by atoms with Crippen LogP contribution in [0.4, 0.5) is 17.1 Å². The number of nitrogens with zero attached hydrogens (tertiary/aromatic N) is 3. The molecule has 29 heavy (non-hydrogen) atoms. The summed E-state index contributed by atoms with van der Waals surface area (Å²) in [5.74, 6) is -0.883. The Hall–Kier alpha value is -3.82. The van der Waals surface area contributed by atoms with Crippen molar-refractivity contribution in [2.45, 2.75) is 19.3 Å². The highest BCUT2D eigenvalue weighted by atomic mass is 16.6. The largest absolute Gasteiger partial charge is 0.339 e. The zero-order valence-electron chi connectivity index (χ0n) is 15.4. The topological polar surface area (TPSA) is 136 Å². The molecule has 1 fully saturated rings. The number of rotatable bonds is 5. The quantitative estimate of drug-likeness (QED) is 0.606. The number of carbonyl (C=O) groups excluding carboxylic acids is 2. The standard InChI is InChI=1S/C19H18N4O6/c24-18(14-10-16(22(26)27)12-17(11-14)23(28)29)20-15-6-4-5-13(9-15)19(25)21-7-2-1-3-8-21/h4-6,9-12H,1-3,7-8H2,(H,20,24). The maximum Gasteiger partial charge on any atom is 0.277 e. The summed E-state index contributed by atoms with van der Waals surface area (Å²) in [6.45, 7) is 1.37. The number of nitro benzene ring substituents is 2. The van der Waals surface area contributed by atoms with E-state index in [0.717, 1.165) is 37.5 Å². The van der Waals surface area contributed by atoms with E-state index in [2.05, 4.69) is 5.32 Å². The van der Waals surface area contributed by atoms with Crippen LogP contribution < -0.4 is 5.32 Å². The number of anilines is 1. The van der Waals surface area contributed by atoms with E-state index in [1.165, 1.54) is 6.07 Å². The summed E-state index contributed by atoms with van der Waals surface area (Å²) in [6.07, 6.45) is 3.00. The highest BCUT2D eigenvalue weighted by Gasteiger charge is 2.21. The predicted octanol–water partition coefficient (Wildman–Crippen LogP) is 3.38. The third-order valence-corrected chi connectivity index (χ3v) is 4.60. The van der Waals surface area contributed by atoms with Crippen molar-refractivity contribution in [1.82, 2.24) is 4.90 Å². The van der Waals surface area contributed by atoms with E-state index in [1.807, 2.05) is 0 Å². The fraction of sp³-hybridized carbons (Fsp3) is 0.263. The Morgan fingerprint density at radius 2 is 1.48 bits per heavy atom. The number of hydrogen-bond acceptors (Lipinski definition) is 6. The zero-order chi connectivity index (χ0) is 21.0. The first-order valence-corrected chi connectivity index (χ1v) is 9.00. The van der Waals surface area contributed by atoms with Crippen molar-refractivity contribution in [2.75, 3.05) is 18.4 Å². The smallest absolute Gasteiger partial charge is 0.277 e. The van der Waals surface area contributed by atoms with Gasteiger partial charge in [-0.1, -0.05) is 6.07 Å². The second kappa shape index (κ2) is 8.46. The van der Waals surface area contributed by atoms with Gasteiger partial charge in [0.25, 0.3) is 23.2 Å². The maximum atomic E-state index is 12.6. The lowest BCUT2D eigenvalue weighted by molar-refractivity contribution is -0.394. The van der Waals surface area contributed by atoms with Gasteiger partial charge in [0.2, 0.25) is 0 Å². The molecule has 2 aromatic rings. The number of hydrogen-bond donors (Lipinski definition) is 1. The number of carbonyl (C=O) groups is 2. The van der Waals surface area contributed by atoms with Crippen LogP contribution in [0.2, 0.25) is 0 Å². The molecule has 0 radical (unpaired) electrons. The molecule has 3 rings (SSSR count). The predicted molar refractivity (Wildman–Crippen MR) is 104 cm³/mol. The number of likely N-dealkylation sites (tertiary alicyclic amines) is 1. The minimum Gasteiger partial charge on any atom is -0.339 e. The van der Waals surface area contributed by atoms with E-state index in [1.54, 1.807) is 23.1 Å². The molecule has 2 aromatic carbocycles. The molecule has 10 heteroatoms. The molecule has 150 valence electrons. The SMILES string of the molecule is O=C(Nc1cccc(C(=O)N2CCCCC2)c1)c1cc([N+](=O)[O-])cc([N+](=O)[O-])c1. The molecule has 1 N–H and O–H groups in total. The Morgan fingerprint density at radius 3 is 2.07 bits per heavy atom. The van der Waals surface area contributed by atoms with Crippen molar-refractivity contribution in [2.24, 2.45) is 0 Å². The summed E-state index contributed by atoms with van der Waals surface area (Å²) in [5.41, 5.74) is -0.614. The third-order valence-electron chi connectivity index (χ3n) is 4.60. The number of nitro groups is 2. The average molecular weight is 398 g/mol. The van der Waals surface area contributed by atoms with Crippen LogP contribution in [0.25, 0.3) is 0 Å². The van der Waals surface area contributed by atoms with Crippen molar-refractivity contribution in [3.05, 3.63) is 73.8 Å². The molecule has 0 aliphatic carbocycles. The van der Waals surface area contributed by atoms with Crippen molar-refractivity contribution in [1.29, 1.82) is 0 Å². The number of nitrogens with one attached hydrogen (secondary N) is 1. The van der Waals surface area contributed by atoms with Gasteiger partial charge in [0.05, 0.1) is 21.5 Å². The van der Waals surface area contributed by atoms with E-state index in [4.69, 9.17) is 0 Å². The molecule has 0 spiro atoms. The third kappa shape index (κ3) is 4.72. The van der Waals surface area contributed by atoms with Crippen LogP contribution in [0.5, 0.6) is 0 Å². The lowest BCUT2D eigenvalue weighted by Gasteiger charge is -2.26. The van der Waals surface area contributed by atoms with Gasteiger partial charge in [-0.25, -0.2) is 0 Å². The van der Waals surface area contributed by atoms with Gasteiger partial charge >= 0.3 is 0 Å². The highest BCUT2D eigenvalue weighted by molar-refractivity contribution is 6.06. The number of amides is 2. The minimum atomic E-state index is -0.804. The summed E-state index contributed by atoms with van der Waals surface area (Å²) in [7, 11) is 0. The molecular formula is C19H18N4O6. The Morgan fingerprint density at radius 1 is 0.862 bits per heavy atom. The molecule has 1 aliphatic rings. The summed E-state index contributed by atoms with van der Waals surface area (Å²) in [4.78, 5) is 47.2. The Balaban J connectivity index is 1.81. The van der Waals surface area contributed by atoms with E-state index in [0.29, 0.717) is 24.3 Å². The van der Waals surface area contributed by atoms with Crippen LogP contribution in [0.3, 0.4) is 0 Å². The normalized spacial score (nSPS) is 13.6. The van der Waals surface area contributed by atoms with Gasteiger partial charge in [0.1, 0.15) is 0 Å². The van der Waals surface area contributed by atoms with Gasteiger partial charge in [-0.2, -0.15) is 0 Å². The van der Waals surface area contributed by atoms with Crippen molar-refractivity contribution >= 4 is 28.9 Å². The van der Waals surface area contributed by atoms with Crippen LogP contribution in [-0.2, 0) is 0 Å². The monoisotopic (exact) mass is 398 g/mol. The number of piperidine rings is 1. The molecule has 2 amide bonds. The maximum absolute atomic E-state index is 12.6. The fourth-order valence-corrected chi connectivity index (χ4v) is 3.15. The lowest BCUT2D eigenvalue weighted by Crippen LogP contribution is -2.35. The van der Waals surface area contributed by atoms with Crippen LogP contribution >= 0.6 is 0 Å². The molecule has 1 aliphatic heterocycles. The first-order chi connectivity index (χ1) is 13.8. The Bertz CT molecular complexity index is 952.